The summed E-state index contributed by atoms with van der Waals surface area (Å²) in [5.41, 5.74) is 4.72. The van der Waals surface area contributed by atoms with E-state index in [0.29, 0.717) is 18.3 Å². The average molecular weight is 374 g/mol. The molecule has 0 aromatic carbocycles. The molecule has 1 aliphatic rings. The summed E-state index contributed by atoms with van der Waals surface area (Å²) in [6.45, 7) is 2.18. The Morgan fingerprint density at radius 1 is 1.44 bits per heavy atom. The predicted molar refractivity (Wildman–Crippen MR) is 91.9 cm³/mol. The number of aromatic amines is 1. The molecule has 9 nitrogen and oxygen atoms in total. The lowest BCUT2D eigenvalue weighted by atomic mass is 10.2. The highest BCUT2D eigenvalue weighted by molar-refractivity contribution is 7.39. The zero-order chi connectivity index (χ0) is 18.4. The maximum Gasteiger partial charge on any atom is 0.508 e. The van der Waals surface area contributed by atoms with Crippen LogP contribution in [-0.4, -0.2) is 46.2 Å². The van der Waals surface area contributed by atoms with Crippen LogP contribution in [0, 0.1) is 6.92 Å². The summed E-state index contributed by atoms with van der Waals surface area (Å²) in [5.74, 6) is 0. The zero-order valence-corrected chi connectivity index (χ0v) is 15.1. The summed E-state index contributed by atoms with van der Waals surface area (Å²) >= 11 is 0. The fourth-order valence-electron chi connectivity index (χ4n) is 2.62. The monoisotopic (exact) mass is 374 g/mol. The molecule has 4 N–H and O–H groups in total. The van der Waals surface area contributed by atoms with Crippen molar-refractivity contribution in [3.8, 4) is 0 Å². The van der Waals surface area contributed by atoms with Gasteiger partial charge in [0.25, 0.3) is 5.56 Å². The van der Waals surface area contributed by atoms with Gasteiger partial charge >= 0.3 is 13.7 Å². The quantitative estimate of drug-likeness (QED) is 0.420. The molecule has 0 aliphatic carbocycles. The second-order valence-corrected chi connectivity index (χ2v) is 7.48. The van der Waals surface area contributed by atoms with Crippen molar-refractivity contribution in [1.29, 1.82) is 0 Å². The Kier molecular flexibility index (Phi) is 7.46. The minimum atomic E-state index is -1.81. The van der Waals surface area contributed by atoms with Gasteiger partial charge in [-0.15, -0.1) is 4.52 Å². The van der Waals surface area contributed by atoms with E-state index in [4.69, 9.17) is 15.0 Å². The van der Waals surface area contributed by atoms with Crippen LogP contribution in [0.1, 0.15) is 37.5 Å². The minimum absolute atomic E-state index is 0.0131. The molecular weight excluding hydrogens is 349 g/mol. The molecule has 0 bridgehead atoms. The van der Waals surface area contributed by atoms with E-state index in [1.54, 1.807) is 6.92 Å². The van der Waals surface area contributed by atoms with Crippen molar-refractivity contribution in [3.05, 3.63) is 32.6 Å². The number of rotatable bonds is 9. The Morgan fingerprint density at radius 2 is 2.20 bits per heavy atom. The highest BCUT2D eigenvalue weighted by Gasteiger charge is 2.37. The Labute approximate surface area is 146 Å². The number of aromatic nitrogens is 2. The lowest BCUT2D eigenvalue weighted by Gasteiger charge is -2.14. The molecule has 10 heteroatoms. The number of aliphatic hydroxyl groups excluding tert-OH is 1. The molecular formula is C15H25N3O6P+. The van der Waals surface area contributed by atoms with Crippen molar-refractivity contribution in [3.63, 3.8) is 0 Å². The van der Waals surface area contributed by atoms with E-state index in [1.807, 2.05) is 0 Å². The van der Waals surface area contributed by atoms with Crippen molar-refractivity contribution in [2.75, 3.05) is 19.3 Å². The molecule has 1 aromatic heterocycles. The first-order valence-corrected chi connectivity index (χ1v) is 9.72. The summed E-state index contributed by atoms with van der Waals surface area (Å²) < 4.78 is 24.0. The molecule has 0 spiro atoms. The van der Waals surface area contributed by atoms with E-state index in [9.17, 15) is 19.3 Å². The second-order valence-electron chi connectivity index (χ2n) is 6.11. The SMILES string of the molecule is Cc1cn([C@H]2C[C@H](O)[C@@H](CO[P+](=O)CCCCCN)O2)c(=O)[nH]c1=O. The largest absolute Gasteiger partial charge is 0.508 e. The van der Waals surface area contributed by atoms with Crippen molar-refractivity contribution < 1.29 is 18.9 Å². The maximum atomic E-state index is 11.9. The van der Waals surface area contributed by atoms with Crippen LogP contribution in [0.5, 0.6) is 0 Å². The summed E-state index contributed by atoms with van der Waals surface area (Å²) in [4.78, 5) is 25.5. The number of unbranched alkanes of at least 4 members (excludes halogenated alkanes) is 2. The van der Waals surface area contributed by atoms with Gasteiger partial charge in [-0.25, -0.2) is 4.79 Å². The number of nitrogens with zero attached hydrogens (tertiary/aromatic N) is 1. The predicted octanol–water partition coefficient (Wildman–Crippen LogP) is 0.381. The molecule has 0 radical (unpaired) electrons. The molecule has 4 atom stereocenters. The lowest BCUT2D eigenvalue weighted by molar-refractivity contribution is -0.0398. The number of aliphatic hydroxyl groups is 1. The van der Waals surface area contributed by atoms with Crippen molar-refractivity contribution >= 4 is 8.03 Å². The summed E-state index contributed by atoms with van der Waals surface area (Å²) in [7, 11) is -1.81. The van der Waals surface area contributed by atoms with Crippen LogP contribution in [0.3, 0.4) is 0 Å². The smallest absolute Gasteiger partial charge is 0.390 e. The maximum absolute atomic E-state index is 11.9. The Hall–Kier alpha value is -1.38. The minimum Gasteiger partial charge on any atom is -0.390 e. The molecule has 1 aromatic rings. The van der Waals surface area contributed by atoms with Crippen LogP contribution < -0.4 is 17.0 Å². The number of H-pyrrole nitrogens is 1. The van der Waals surface area contributed by atoms with Gasteiger partial charge in [0.2, 0.25) is 0 Å². The molecule has 1 saturated heterocycles. The molecule has 2 heterocycles. The van der Waals surface area contributed by atoms with E-state index < -0.39 is 37.7 Å². The Balaban J connectivity index is 1.87. The van der Waals surface area contributed by atoms with Gasteiger partial charge in [0.05, 0.1) is 6.10 Å². The third-order valence-electron chi connectivity index (χ3n) is 4.09. The number of hydrogen-bond acceptors (Lipinski definition) is 7. The molecule has 2 rings (SSSR count). The van der Waals surface area contributed by atoms with Gasteiger partial charge in [-0.05, 0) is 37.3 Å². The molecule has 1 aliphatic heterocycles. The highest BCUT2D eigenvalue weighted by Crippen LogP contribution is 2.31. The standard InChI is InChI=1S/C15H24N3O6P/c1-10-8-18(15(21)17-14(10)20)13-7-11(19)12(24-13)9-23-25(22)6-4-2-3-5-16/h8,11-13,19H,2-7,9,16H2,1H3/p+1/t11-,12+,13+/m0/s1. The van der Waals surface area contributed by atoms with Gasteiger partial charge < -0.3 is 15.6 Å². The van der Waals surface area contributed by atoms with Gasteiger partial charge in [0.15, 0.2) is 6.16 Å². The highest BCUT2D eigenvalue weighted by atomic mass is 31.1. The van der Waals surface area contributed by atoms with E-state index in [1.165, 1.54) is 10.8 Å². The number of nitrogens with one attached hydrogen (secondary N) is 1. The van der Waals surface area contributed by atoms with Crippen LogP contribution in [0.25, 0.3) is 0 Å². The van der Waals surface area contributed by atoms with Crippen LogP contribution in [0.15, 0.2) is 15.8 Å². The van der Waals surface area contributed by atoms with Crippen molar-refractivity contribution in [2.24, 2.45) is 5.73 Å². The van der Waals surface area contributed by atoms with Gasteiger partial charge in [-0.3, -0.25) is 14.3 Å². The van der Waals surface area contributed by atoms with E-state index >= 15 is 0 Å². The number of ether oxygens (including phenoxy) is 1. The van der Waals surface area contributed by atoms with Gasteiger partial charge in [0, 0.05) is 18.2 Å². The zero-order valence-electron chi connectivity index (χ0n) is 14.2. The van der Waals surface area contributed by atoms with Crippen LogP contribution in [0.2, 0.25) is 0 Å². The normalized spacial score (nSPS) is 23.8. The molecule has 1 unspecified atom stereocenters. The van der Waals surface area contributed by atoms with Crippen LogP contribution >= 0.6 is 8.03 Å². The van der Waals surface area contributed by atoms with E-state index in [-0.39, 0.29) is 13.0 Å². The molecule has 0 saturated carbocycles. The number of hydrogen-bond donors (Lipinski definition) is 3. The molecule has 25 heavy (non-hydrogen) atoms. The summed E-state index contributed by atoms with van der Waals surface area (Å²) in [5, 5.41) is 10.1. The first-order chi connectivity index (χ1) is 11.9. The molecule has 140 valence electrons. The fraction of sp³-hybridized carbons (Fsp3) is 0.733. The summed E-state index contributed by atoms with van der Waals surface area (Å²) in [6, 6.07) is 0. The number of aryl methyl sites for hydroxylation is 1. The third-order valence-corrected chi connectivity index (χ3v) is 5.21. The van der Waals surface area contributed by atoms with Crippen molar-refractivity contribution in [2.45, 2.75) is 51.0 Å². The Morgan fingerprint density at radius 3 is 2.92 bits per heavy atom. The molecule has 0 amide bonds. The van der Waals surface area contributed by atoms with Crippen LogP contribution in [-0.2, 0) is 13.8 Å². The van der Waals surface area contributed by atoms with Gasteiger partial charge in [-0.1, -0.05) is 0 Å². The van der Waals surface area contributed by atoms with Gasteiger partial charge in [-0.2, -0.15) is 0 Å². The Bertz CT molecular complexity index is 703. The fourth-order valence-corrected chi connectivity index (χ4v) is 3.54. The van der Waals surface area contributed by atoms with E-state index in [2.05, 4.69) is 4.98 Å². The van der Waals surface area contributed by atoms with Crippen molar-refractivity contribution in [1.82, 2.24) is 9.55 Å². The third kappa shape index (κ3) is 5.55. The summed E-state index contributed by atoms with van der Waals surface area (Å²) in [6.07, 6.45) is 2.38. The lowest BCUT2D eigenvalue weighted by Crippen LogP contribution is -2.33. The first kappa shape index (κ1) is 19.9. The topological polar surface area (TPSA) is 137 Å². The van der Waals surface area contributed by atoms with Crippen LogP contribution in [0.4, 0.5) is 0 Å². The number of nitrogens with two attached hydrogens (primary N) is 1. The average Bonchev–Trinajstić information content (AvgIpc) is 2.93. The molecule has 1 fully saturated rings. The first-order valence-electron chi connectivity index (χ1n) is 8.35. The van der Waals surface area contributed by atoms with E-state index in [0.717, 1.165) is 19.3 Å². The van der Waals surface area contributed by atoms with Gasteiger partial charge in [0.1, 0.15) is 18.9 Å². The second kappa shape index (κ2) is 9.35.